The summed E-state index contributed by atoms with van der Waals surface area (Å²) in [7, 11) is 1.87. The Morgan fingerprint density at radius 3 is 2.33 bits per heavy atom. The fraction of sp³-hybridized carbons (Fsp3) is 0.333. The molecule has 0 saturated heterocycles. The molecule has 0 bridgehead atoms. The summed E-state index contributed by atoms with van der Waals surface area (Å²) in [5.41, 5.74) is 4.49. The second-order valence-electron chi connectivity index (χ2n) is 5.12. The van der Waals surface area contributed by atoms with Crippen molar-refractivity contribution in [2.24, 2.45) is 0 Å². The van der Waals surface area contributed by atoms with E-state index in [0.717, 1.165) is 22.9 Å². The Morgan fingerprint density at radius 2 is 1.76 bits per heavy atom. The molecule has 1 N–H and O–H groups in total. The van der Waals surface area contributed by atoms with Gasteiger partial charge in [0, 0.05) is 10.0 Å². The molecule has 1 atom stereocenters. The van der Waals surface area contributed by atoms with Gasteiger partial charge in [0.05, 0.1) is 6.04 Å². The number of aryl methyl sites for hydroxylation is 2. The molecule has 0 aromatic heterocycles. The number of halogens is 2. The highest BCUT2D eigenvalue weighted by molar-refractivity contribution is 9.10. The highest BCUT2D eigenvalue weighted by Gasteiger charge is 2.17. The lowest BCUT2D eigenvalue weighted by molar-refractivity contribution is 0.575. The molecule has 2 aromatic rings. The molecular weight excluding hydrogens is 329 g/mol. The molecule has 0 spiro atoms. The van der Waals surface area contributed by atoms with Gasteiger partial charge in [-0.15, -0.1) is 0 Å². The molecule has 0 aliphatic rings. The van der Waals surface area contributed by atoms with E-state index < -0.39 is 0 Å². The van der Waals surface area contributed by atoms with Crippen LogP contribution in [-0.2, 0) is 12.8 Å². The Balaban J connectivity index is 2.46. The Bertz CT molecular complexity index is 625. The van der Waals surface area contributed by atoms with Gasteiger partial charge in [-0.05, 0) is 48.7 Å². The number of nitrogens with one attached hydrogen (secondary N) is 1. The third-order valence-electron chi connectivity index (χ3n) is 3.89. The third-order valence-corrected chi connectivity index (χ3v) is 4.38. The lowest BCUT2D eigenvalue weighted by Crippen LogP contribution is -2.19. The Hall–Kier alpha value is -1.19. The van der Waals surface area contributed by atoms with Crippen LogP contribution in [-0.4, -0.2) is 7.05 Å². The van der Waals surface area contributed by atoms with Gasteiger partial charge in [-0.2, -0.15) is 0 Å². The highest BCUT2D eigenvalue weighted by Crippen LogP contribution is 2.28. The minimum absolute atomic E-state index is 0.130. The van der Waals surface area contributed by atoms with Crippen LogP contribution in [0.4, 0.5) is 4.39 Å². The lowest BCUT2D eigenvalue weighted by atomic mass is 9.93. The summed E-state index contributed by atoms with van der Waals surface area (Å²) in [5.74, 6) is -0.193. The SMILES string of the molecule is CCc1ccc(C(NC)c2ccc(Br)cc2F)cc1CC. The van der Waals surface area contributed by atoms with Crippen molar-refractivity contribution in [1.29, 1.82) is 0 Å². The van der Waals surface area contributed by atoms with Crippen LogP contribution in [0.15, 0.2) is 40.9 Å². The van der Waals surface area contributed by atoms with E-state index >= 15 is 0 Å². The van der Waals surface area contributed by atoms with E-state index in [1.807, 2.05) is 19.2 Å². The van der Waals surface area contributed by atoms with Crippen molar-refractivity contribution in [3.8, 4) is 0 Å². The van der Waals surface area contributed by atoms with Gasteiger partial charge in [0.2, 0.25) is 0 Å². The van der Waals surface area contributed by atoms with Crippen molar-refractivity contribution < 1.29 is 4.39 Å². The Morgan fingerprint density at radius 1 is 1.05 bits per heavy atom. The maximum Gasteiger partial charge on any atom is 0.129 e. The van der Waals surface area contributed by atoms with Gasteiger partial charge >= 0.3 is 0 Å². The minimum atomic E-state index is -0.193. The van der Waals surface area contributed by atoms with E-state index in [2.05, 4.69) is 53.3 Å². The first-order valence-corrected chi connectivity index (χ1v) is 8.13. The van der Waals surface area contributed by atoms with Gasteiger partial charge in [-0.1, -0.05) is 54.0 Å². The summed E-state index contributed by atoms with van der Waals surface area (Å²) in [6.45, 7) is 4.32. The van der Waals surface area contributed by atoms with Gasteiger partial charge in [-0.3, -0.25) is 0 Å². The molecule has 2 rings (SSSR count). The molecule has 0 heterocycles. The van der Waals surface area contributed by atoms with Crippen molar-refractivity contribution >= 4 is 15.9 Å². The standard InChI is InChI=1S/C18H21BrFN/c1-4-12-6-7-14(10-13(12)5-2)18(21-3)16-9-8-15(19)11-17(16)20/h6-11,18,21H,4-5H2,1-3H3. The first-order chi connectivity index (χ1) is 10.1. The van der Waals surface area contributed by atoms with Gasteiger partial charge in [0.1, 0.15) is 5.82 Å². The molecule has 0 amide bonds. The number of hydrogen-bond donors (Lipinski definition) is 1. The second kappa shape index (κ2) is 7.19. The quantitative estimate of drug-likeness (QED) is 0.798. The van der Waals surface area contributed by atoms with E-state index in [0.29, 0.717) is 5.56 Å². The maximum atomic E-state index is 14.2. The zero-order valence-corrected chi connectivity index (χ0v) is 14.3. The first kappa shape index (κ1) is 16.2. The molecule has 1 nitrogen and oxygen atoms in total. The number of hydrogen-bond acceptors (Lipinski definition) is 1. The van der Waals surface area contributed by atoms with E-state index in [-0.39, 0.29) is 11.9 Å². The molecule has 1 unspecified atom stereocenters. The van der Waals surface area contributed by atoms with Crippen LogP contribution in [0.5, 0.6) is 0 Å². The molecule has 2 aromatic carbocycles. The normalized spacial score (nSPS) is 12.4. The van der Waals surface area contributed by atoms with Crippen molar-refractivity contribution in [2.45, 2.75) is 32.7 Å². The van der Waals surface area contributed by atoms with Gasteiger partial charge in [0.25, 0.3) is 0 Å². The summed E-state index contributed by atoms with van der Waals surface area (Å²) in [6.07, 6.45) is 2.02. The van der Waals surface area contributed by atoms with Crippen molar-refractivity contribution in [3.05, 3.63) is 68.9 Å². The smallest absolute Gasteiger partial charge is 0.129 e. The summed E-state index contributed by atoms with van der Waals surface area (Å²) in [4.78, 5) is 0. The summed E-state index contributed by atoms with van der Waals surface area (Å²) < 4.78 is 15.0. The van der Waals surface area contributed by atoms with Crippen LogP contribution in [0.25, 0.3) is 0 Å². The third kappa shape index (κ3) is 3.53. The minimum Gasteiger partial charge on any atom is -0.309 e. The molecule has 0 saturated carbocycles. The van der Waals surface area contributed by atoms with Gasteiger partial charge < -0.3 is 5.32 Å². The predicted octanol–water partition coefficient (Wildman–Crippen LogP) is 5.02. The fourth-order valence-corrected chi connectivity index (χ4v) is 3.07. The molecule has 3 heteroatoms. The average Bonchev–Trinajstić information content (AvgIpc) is 2.49. The molecule has 0 aliphatic heterocycles. The summed E-state index contributed by atoms with van der Waals surface area (Å²) in [6, 6.07) is 11.6. The maximum absolute atomic E-state index is 14.2. The summed E-state index contributed by atoms with van der Waals surface area (Å²) in [5, 5.41) is 3.23. The topological polar surface area (TPSA) is 12.0 Å². The Labute approximate surface area is 134 Å². The summed E-state index contributed by atoms with van der Waals surface area (Å²) >= 11 is 3.30. The molecule has 0 aliphatic carbocycles. The zero-order valence-electron chi connectivity index (χ0n) is 12.7. The first-order valence-electron chi connectivity index (χ1n) is 7.34. The Kier molecular flexibility index (Phi) is 5.54. The second-order valence-corrected chi connectivity index (χ2v) is 6.04. The van der Waals surface area contributed by atoms with E-state index in [1.54, 1.807) is 0 Å². The number of benzene rings is 2. The van der Waals surface area contributed by atoms with E-state index in [1.165, 1.54) is 17.2 Å². The number of rotatable bonds is 5. The van der Waals surface area contributed by atoms with Gasteiger partial charge in [-0.25, -0.2) is 4.39 Å². The predicted molar refractivity (Wildman–Crippen MR) is 90.2 cm³/mol. The molecule has 0 fully saturated rings. The van der Waals surface area contributed by atoms with Crippen LogP contribution in [0.2, 0.25) is 0 Å². The molecule has 0 radical (unpaired) electrons. The highest BCUT2D eigenvalue weighted by atomic mass is 79.9. The van der Waals surface area contributed by atoms with E-state index in [4.69, 9.17) is 0 Å². The van der Waals surface area contributed by atoms with Crippen LogP contribution in [0, 0.1) is 5.82 Å². The fourth-order valence-electron chi connectivity index (χ4n) is 2.74. The largest absolute Gasteiger partial charge is 0.309 e. The monoisotopic (exact) mass is 349 g/mol. The van der Waals surface area contributed by atoms with Crippen LogP contribution >= 0.6 is 15.9 Å². The van der Waals surface area contributed by atoms with Crippen LogP contribution in [0.3, 0.4) is 0 Å². The van der Waals surface area contributed by atoms with Crippen molar-refractivity contribution in [2.75, 3.05) is 7.05 Å². The molecular formula is C18H21BrFN. The van der Waals surface area contributed by atoms with Gasteiger partial charge in [0.15, 0.2) is 0 Å². The van der Waals surface area contributed by atoms with Crippen LogP contribution < -0.4 is 5.32 Å². The average molecular weight is 350 g/mol. The van der Waals surface area contributed by atoms with E-state index in [9.17, 15) is 4.39 Å². The van der Waals surface area contributed by atoms with Crippen molar-refractivity contribution in [1.82, 2.24) is 5.32 Å². The van der Waals surface area contributed by atoms with Crippen molar-refractivity contribution in [3.63, 3.8) is 0 Å². The van der Waals surface area contributed by atoms with Crippen LogP contribution in [0.1, 0.15) is 42.1 Å². The molecule has 112 valence electrons. The molecule has 21 heavy (non-hydrogen) atoms. The zero-order chi connectivity index (χ0) is 15.4. The lowest BCUT2D eigenvalue weighted by Gasteiger charge is -2.20.